The zero-order chi connectivity index (χ0) is 18.4. The van der Waals surface area contributed by atoms with Crippen molar-refractivity contribution in [3.05, 3.63) is 74.4 Å². The van der Waals surface area contributed by atoms with Gasteiger partial charge in [0.05, 0.1) is 17.0 Å². The van der Waals surface area contributed by atoms with E-state index >= 15 is 0 Å². The third-order valence-corrected chi connectivity index (χ3v) is 5.68. The minimum atomic E-state index is -0.360. The topological polar surface area (TPSA) is 46.6 Å². The van der Waals surface area contributed by atoms with Crippen molar-refractivity contribution >= 4 is 45.1 Å². The van der Waals surface area contributed by atoms with E-state index in [4.69, 9.17) is 16.3 Å². The monoisotopic (exact) mass is 431 g/mol. The van der Waals surface area contributed by atoms with Gasteiger partial charge in [0.15, 0.2) is 0 Å². The number of esters is 1. The van der Waals surface area contributed by atoms with E-state index < -0.39 is 0 Å². The minimum Gasteiger partial charge on any atom is -0.456 e. The molecular formula is C20H15BrClNO3. The molecule has 2 aromatic carbocycles. The molecule has 1 atom stereocenters. The summed E-state index contributed by atoms with van der Waals surface area (Å²) in [7, 11) is 0. The molecule has 1 unspecified atom stereocenters. The molecule has 2 heterocycles. The highest BCUT2D eigenvalue weighted by atomic mass is 79.9. The Morgan fingerprint density at radius 3 is 2.73 bits per heavy atom. The third kappa shape index (κ3) is 2.85. The number of rotatable bonds is 2. The summed E-state index contributed by atoms with van der Waals surface area (Å²) in [5.74, 6) is -0.741. The highest BCUT2D eigenvalue weighted by Gasteiger charge is 2.43. The van der Waals surface area contributed by atoms with Gasteiger partial charge in [0.25, 0.3) is 0 Å². The number of cyclic esters (lactones) is 1. The van der Waals surface area contributed by atoms with Gasteiger partial charge in [-0.25, -0.2) is 4.79 Å². The van der Waals surface area contributed by atoms with Crippen LogP contribution in [0.3, 0.4) is 0 Å². The van der Waals surface area contributed by atoms with E-state index in [0.717, 1.165) is 15.6 Å². The third-order valence-electron chi connectivity index (χ3n) is 4.78. The van der Waals surface area contributed by atoms with E-state index in [1.165, 1.54) is 0 Å². The first kappa shape index (κ1) is 17.3. The summed E-state index contributed by atoms with van der Waals surface area (Å²) in [6.45, 7) is 2.00. The summed E-state index contributed by atoms with van der Waals surface area (Å²) in [6.07, 6.45) is 0.204. The lowest BCUT2D eigenvalue weighted by atomic mass is 9.84. The molecule has 26 heavy (non-hydrogen) atoms. The molecule has 0 spiro atoms. The summed E-state index contributed by atoms with van der Waals surface area (Å²) < 4.78 is 6.19. The standard InChI is InChI=1S/C20H15BrClNO3/c1-11-5-6-14(8-16(11)22)23-17-10-26-20(25)19(17)15(9-18(23)24)12-3-2-4-13(21)7-12/h2-8,15H,9-10H2,1H3. The molecular weight excluding hydrogens is 418 g/mol. The van der Waals surface area contributed by atoms with Crippen LogP contribution >= 0.6 is 27.5 Å². The van der Waals surface area contributed by atoms with Crippen molar-refractivity contribution in [3.63, 3.8) is 0 Å². The number of carbonyl (C=O) groups excluding carboxylic acids is 2. The molecule has 0 fully saturated rings. The number of amides is 1. The molecule has 132 valence electrons. The molecule has 0 bridgehead atoms. The maximum atomic E-state index is 13.0. The van der Waals surface area contributed by atoms with E-state index in [1.807, 2.05) is 43.3 Å². The number of nitrogens with zero attached hydrogens (tertiary/aromatic N) is 1. The SMILES string of the molecule is Cc1ccc(N2C(=O)CC(c3cccc(Br)c3)C3=C2COC3=O)cc1Cl. The van der Waals surface area contributed by atoms with E-state index in [1.54, 1.807) is 11.0 Å². The van der Waals surface area contributed by atoms with Gasteiger partial charge in [-0.2, -0.15) is 0 Å². The Balaban J connectivity index is 1.84. The number of ether oxygens (including phenoxy) is 1. The summed E-state index contributed by atoms with van der Waals surface area (Å²) in [4.78, 5) is 27.0. The Bertz CT molecular complexity index is 969. The molecule has 2 aromatic rings. The molecule has 0 aromatic heterocycles. The fourth-order valence-electron chi connectivity index (χ4n) is 3.48. The van der Waals surface area contributed by atoms with Crippen LogP contribution < -0.4 is 4.90 Å². The molecule has 0 radical (unpaired) electrons. The highest BCUT2D eigenvalue weighted by Crippen LogP contribution is 2.42. The second kappa shape index (κ2) is 6.56. The van der Waals surface area contributed by atoms with Gasteiger partial charge in [-0.3, -0.25) is 9.69 Å². The number of halogens is 2. The van der Waals surface area contributed by atoms with Crippen LogP contribution in [0.15, 0.2) is 58.2 Å². The first-order valence-electron chi connectivity index (χ1n) is 8.20. The normalized spacial score (nSPS) is 19.7. The van der Waals surface area contributed by atoms with Crippen molar-refractivity contribution < 1.29 is 14.3 Å². The highest BCUT2D eigenvalue weighted by molar-refractivity contribution is 9.10. The van der Waals surface area contributed by atoms with Crippen molar-refractivity contribution in [3.8, 4) is 0 Å². The number of benzene rings is 2. The first-order chi connectivity index (χ1) is 12.5. The zero-order valence-electron chi connectivity index (χ0n) is 14.0. The summed E-state index contributed by atoms with van der Waals surface area (Å²) in [5, 5.41) is 0.580. The van der Waals surface area contributed by atoms with Crippen LogP contribution in [0.1, 0.15) is 23.5 Å². The van der Waals surface area contributed by atoms with Gasteiger partial charge in [-0.15, -0.1) is 0 Å². The molecule has 2 aliphatic heterocycles. The van der Waals surface area contributed by atoms with Crippen molar-refractivity contribution in [2.75, 3.05) is 11.5 Å². The second-order valence-electron chi connectivity index (χ2n) is 6.41. The fraction of sp³-hybridized carbons (Fsp3) is 0.200. The van der Waals surface area contributed by atoms with Crippen LogP contribution in [0.4, 0.5) is 5.69 Å². The van der Waals surface area contributed by atoms with E-state index in [9.17, 15) is 9.59 Å². The molecule has 0 N–H and O–H groups in total. The van der Waals surface area contributed by atoms with Gasteiger partial charge in [0, 0.05) is 21.8 Å². The fourth-order valence-corrected chi connectivity index (χ4v) is 4.07. The van der Waals surface area contributed by atoms with Crippen LogP contribution in [0.2, 0.25) is 5.02 Å². The van der Waals surface area contributed by atoms with Gasteiger partial charge in [0.1, 0.15) is 6.61 Å². The van der Waals surface area contributed by atoms with Crippen LogP contribution in [-0.4, -0.2) is 18.5 Å². The van der Waals surface area contributed by atoms with Crippen LogP contribution in [-0.2, 0) is 14.3 Å². The van der Waals surface area contributed by atoms with Gasteiger partial charge < -0.3 is 4.74 Å². The van der Waals surface area contributed by atoms with E-state index in [0.29, 0.717) is 22.0 Å². The maximum Gasteiger partial charge on any atom is 0.336 e. The molecule has 4 rings (SSSR count). The number of carbonyl (C=O) groups is 2. The predicted molar refractivity (Wildman–Crippen MR) is 103 cm³/mol. The van der Waals surface area contributed by atoms with Crippen molar-refractivity contribution in [1.29, 1.82) is 0 Å². The smallest absolute Gasteiger partial charge is 0.336 e. The Kier molecular flexibility index (Phi) is 4.37. The second-order valence-corrected chi connectivity index (χ2v) is 7.73. The number of anilines is 1. The average Bonchev–Trinajstić information content (AvgIpc) is 2.98. The van der Waals surface area contributed by atoms with Crippen molar-refractivity contribution in [2.45, 2.75) is 19.3 Å². The Hall–Kier alpha value is -2.11. The number of aryl methyl sites for hydroxylation is 1. The molecule has 2 aliphatic rings. The average molecular weight is 433 g/mol. The summed E-state index contributed by atoms with van der Waals surface area (Å²) in [5.41, 5.74) is 3.67. The Morgan fingerprint density at radius 2 is 2.00 bits per heavy atom. The molecule has 0 saturated carbocycles. The van der Waals surface area contributed by atoms with Gasteiger partial charge in [-0.1, -0.05) is 45.7 Å². The maximum absolute atomic E-state index is 13.0. The van der Waals surface area contributed by atoms with Crippen LogP contribution in [0.25, 0.3) is 0 Å². The molecule has 1 amide bonds. The quantitative estimate of drug-likeness (QED) is 0.644. The number of hydrogen-bond acceptors (Lipinski definition) is 3. The van der Waals surface area contributed by atoms with E-state index in [2.05, 4.69) is 15.9 Å². The predicted octanol–water partition coefficient (Wildman–Crippen LogP) is 4.74. The van der Waals surface area contributed by atoms with Gasteiger partial charge in [-0.05, 0) is 42.3 Å². The summed E-state index contributed by atoms with van der Waals surface area (Å²) in [6, 6.07) is 13.1. The van der Waals surface area contributed by atoms with Crippen molar-refractivity contribution in [2.24, 2.45) is 0 Å². The lowest BCUT2D eigenvalue weighted by Gasteiger charge is -2.32. The largest absolute Gasteiger partial charge is 0.456 e. The molecule has 6 heteroatoms. The molecule has 4 nitrogen and oxygen atoms in total. The van der Waals surface area contributed by atoms with E-state index in [-0.39, 0.29) is 30.8 Å². The van der Waals surface area contributed by atoms with Gasteiger partial charge in [0.2, 0.25) is 5.91 Å². The Labute approximate surface area is 164 Å². The Morgan fingerprint density at radius 1 is 1.19 bits per heavy atom. The molecule has 0 aliphatic carbocycles. The number of hydrogen-bond donors (Lipinski definition) is 0. The zero-order valence-corrected chi connectivity index (χ0v) is 16.3. The molecule has 0 saturated heterocycles. The first-order valence-corrected chi connectivity index (χ1v) is 9.37. The minimum absolute atomic E-state index is 0.0769. The van der Waals surface area contributed by atoms with Crippen LogP contribution in [0.5, 0.6) is 0 Å². The lowest BCUT2D eigenvalue weighted by Crippen LogP contribution is -2.37. The summed E-state index contributed by atoms with van der Waals surface area (Å²) >= 11 is 9.69. The van der Waals surface area contributed by atoms with Crippen LogP contribution in [0, 0.1) is 6.92 Å². The van der Waals surface area contributed by atoms with Gasteiger partial charge >= 0.3 is 5.97 Å². The van der Waals surface area contributed by atoms with Crippen molar-refractivity contribution in [1.82, 2.24) is 0 Å². The lowest BCUT2D eigenvalue weighted by molar-refractivity contribution is -0.136.